The standard InChI is InChI=1S/C9H16F2N4O/c1-16-5-3-8-7(2-4-12)13-14-15(8)6-9(10)11/h9H,2-6,12H2,1H3. The Labute approximate surface area is 92.6 Å². The maximum absolute atomic E-state index is 12.3. The zero-order chi connectivity index (χ0) is 12.0. The lowest BCUT2D eigenvalue weighted by atomic mass is 10.2. The number of alkyl halides is 2. The summed E-state index contributed by atoms with van der Waals surface area (Å²) < 4.78 is 30.7. The van der Waals surface area contributed by atoms with Gasteiger partial charge >= 0.3 is 0 Å². The van der Waals surface area contributed by atoms with E-state index in [1.165, 1.54) is 4.68 Å². The Kier molecular flexibility index (Phi) is 5.27. The van der Waals surface area contributed by atoms with Gasteiger partial charge in [0.1, 0.15) is 6.54 Å². The lowest BCUT2D eigenvalue weighted by Crippen LogP contribution is -2.14. The number of nitrogens with zero attached hydrogens (tertiary/aromatic N) is 3. The van der Waals surface area contributed by atoms with E-state index < -0.39 is 13.0 Å². The SMILES string of the molecule is COCCc1c(CCN)nnn1CC(F)F. The van der Waals surface area contributed by atoms with Crippen LogP contribution in [0.3, 0.4) is 0 Å². The fourth-order valence-electron chi connectivity index (χ4n) is 1.45. The van der Waals surface area contributed by atoms with Crippen LogP contribution >= 0.6 is 0 Å². The summed E-state index contributed by atoms with van der Waals surface area (Å²) in [4.78, 5) is 0. The van der Waals surface area contributed by atoms with E-state index in [-0.39, 0.29) is 0 Å². The van der Waals surface area contributed by atoms with Gasteiger partial charge in [0.25, 0.3) is 6.43 Å². The molecule has 0 aromatic carbocycles. The third kappa shape index (κ3) is 3.49. The van der Waals surface area contributed by atoms with Crippen molar-refractivity contribution in [3.8, 4) is 0 Å². The van der Waals surface area contributed by atoms with Crippen molar-refractivity contribution in [2.24, 2.45) is 5.73 Å². The molecular formula is C9H16F2N4O. The molecule has 0 atom stereocenters. The van der Waals surface area contributed by atoms with E-state index in [1.54, 1.807) is 7.11 Å². The Balaban J connectivity index is 2.80. The van der Waals surface area contributed by atoms with Gasteiger partial charge in [-0.15, -0.1) is 5.10 Å². The van der Waals surface area contributed by atoms with Gasteiger partial charge in [-0.05, 0) is 6.54 Å². The summed E-state index contributed by atoms with van der Waals surface area (Å²) in [5.41, 5.74) is 6.78. The molecule has 2 N–H and O–H groups in total. The van der Waals surface area contributed by atoms with Gasteiger partial charge in [0.15, 0.2) is 0 Å². The van der Waals surface area contributed by atoms with Crippen molar-refractivity contribution < 1.29 is 13.5 Å². The van der Waals surface area contributed by atoms with Crippen molar-refractivity contribution >= 4 is 0 Å². The van der Waals surface area contributed by atoms with Gasteiger partial charge in [-0.25, -0.2) is 13.5 Å². The molecule has 0 aliphatic carbocycles. The van der Waals surface area contributed by atoms with E-state index in [4.69, 9.17) is 10.5 Å². The highest BCUT2D eigenvalue weighted by Crippen LogP contribution is 2.09. The zero-order valence-corrected chi connectivity index (χ0v) is 9.20. The third-order valence-corrected chi connectivity index (χ3v) is 2.15. The second kappa shape index (κ2) is 6.49. The number of rotatable bonds is 7. The van der Waals surface area contributed by atoms with Gasteiger partial charge in [0.05, 0.1) is 18.0 Å². The van der Waals surface area contributed by atoms with Gasteiger partial charge in [-0.2, -0.15) is 0 Å². The Morgan fingerprint density at radius 1 is 1.44 bits per heavy atom. The Morgan fingerprint density at radius 2 is 2.19 bits per heavy atom. The van der Waals surface area contributed by atoms with E-state index in [0.29, 0.717) is 37.4 Å². The second-order valence-electron chi connectivity index (χ2n) is 3.34. The van der Waals surface area contributed by atoms with Gasteiger partial charge in [-0.3, -0.25) is 0 Å². The summed E-state index contributed by atoms with van der Waals surface area (Å²) in [6.07, 6.45) is -1.37. The van der Waals surface area contributed by atoms with E-state index in [9.17, 15) is 8.78 Å². The predicted octanol–water partition coefficient (Wildman–Crippen LogP) is 0.233. The van der Waals surface area contributed by atoms with Crippen LogP contribution in [0.1, 0.15) is 11.4 Å². The zero-order valence-electron chi connectivity index (χ0n) is 9.20. The average Bonchev–Trinajstić information content (AvgIpc) is 2.58. The molecule has 7 heteroatoms. The molecule has 0 radical (unpaired) electrons. The molecule has 0 saturated carbocycles. The predicted molar refractivity (Wildman–Crippen MR) is 54.4 cm³/mol. The number of hydrogen-bond donors (Lipinski definition) is 1. The highest BCUT2D eigenvalue weighted by Gasteiger charge is 2.15. The molecule has 0 saturated heterocycles. The second-order valence-corrected chi connectivity index (χ2v) is 3.34. The van der Waals surface area contributed by atoms with Crippen molar-refractivity contribution in [1.82, 2.24) is 15.0 Å². The Hall–Kier alpha value is -1.08. The maximum atomic E-state index is 12.3. The van der Waals surface area contributed by atoms with Crippen molar-refractivity contribution in [2.75, 3.05) is 20.3 Å². The van der Waals surface area contributed by atoms with Gasteiger partial charge in [0, 0.05) is 20.0 Å². The monoisotopic (exact) mass is 234 g/mol. The van der Waals surface area contributed by atoms with Crippen molar-refractivity contribution in [3.63, 3.8) is 0 Å². The molecule has 1 rings (SSSR count). The van der Waals surface area contributed by atoms with Crippen LogP contribution in [0.4, 0.5) is 8.78 Å². The first-order chi connectivity index (χ1) is 7.69. The van der Waals surface area contributed by atoms with Crippen LogP contribution in [-0.4, -0.2) is 41.7 Å². The van der Waals surface area contributed by atoms with Crippen LogP contribution in [0.25, 0.3) is 0 Å². The number of nitrogens with two attached hydrogens (primary N) is 1. The minimum atomic E-state index is -2.44. The molecule has 0 spiro atoms. The number of halogens is 2. The Morgan fingerprint density at radius 3 is 2.75 bits per heavy atom. The molecular weight excluding hydrogens is 218 g/mol. The van der Waals surface area contributed by atoms with E-state index in [2.05, 4.69) is 10.3 Å². The van der Waals surface area contributed by atoms with Gasteiger partial charge in [-0.1, -0.05) is 5.21 Å². The minimum Gasteiger partial charge on any atom is -0.384 e. The fourth-order valence-corrected chi connectivity index (χ4v) is 1.45. The number of ether oxygens (including phenoxy) is 1. The fraction of sp³-hybridized carbons (Fsp3) is 0.778. The smallest absolute Gasteiger partial charge is 0.257 e. The maximum Gasteiger partial charge on any atom is 0.257 e. The van der Waals surface area contributed by atoms with Crippen LogP contribution in [0.2, 0.25) is 0 Å². The van der Waals surface area contributed by atoms with Gasteiger partial charge < -0.3 is 10.5 Å². The molecule has 1 aromatic heterocycles. The summed E-state index contributed by atoms with van der Waals surface area (Å²) in [7, 11) is 1.56. The summed E-state index contributed by atoms with van der Waals surface area (Å²) >= 11 is 0. The van der Waals surface area contributed by atoms with Crippen LogP contribution < -0.4 is 5.73 Å². The molecule has 1 aromatic rings. The summed E-state index contributed by atoms with van der Waals surface area (Å²) in [5.74, 6) is 0. The largest absolute Gasteiger partial charge is 0.384 e. The third-order valence-electron chi connectivity index (χ3n) is 2.15. The van der Waals surface area contributed by atoms with Crippen molar-refractivity contribution in [3.05, 3.63) is 11.4 Å². The van der Waals surface area contributed by atoms with Crippen molar-refractivity contribution in [2.45, 2.75) is 25.8 Å². The van der Waals surface area contributed by atoms with E-state index in [0.717, 1.165) is 0 Å². The lowest BCUT2D eigenvalue weighted by molar-refractivity contribution is 0.118. The minimum absolute atomic E-state index is 0.424. The molecule has 1 heterocycles. The molecule has 0 aliphatic rings. The molecule has 0 bridgehead atoms. The highest BCUT2D eigenvalue weighted by molar-refractivity contribution is 5.11. The quantitative estimate of drug-likeness (QED) is 0.733. The molecule has 0 aliphatic heterocycles. The molecule has 92 valence electrons. The van der Waals surface area contributed by atoms with Crippen LogP contribution in [0.15, 0.2) is 0 Å². The first-order valence-corrected chi connectivity index (χ1v) is 5.07. The van der Waals surface area contributed by atoms with Crippen LogP contribution in [0, 0.1) is 0 Å². The lowest BCUT2D eigenvalue weighted by Gasteiger charge is -2.06. The summed E-state index contributed by atoms with van der Waals surface area (Å²) in [5, 5.41) is 7.56. The average molecular weight is 234 g/mol. The Bertz CT molecular complexity index is 316. The number of methoxy groups -OCH3 is 1. The molecule has 0 unspecified atom stereocenters. The molecule has 5 nitrogen and oxygen atoms in total. The summed E-state index contributed by atoms with van der Waals surface area (Å²) in [6.45, 7) is 0.443. The summed E-state index contributed by atoms with van der Waals surface area (Å²) in [6, 6.07) is 0. The highest BCUT2D eigenvalue weighted by atomic mass is 19.3. The topological polar surface area (TPSA) is 66.0 Å². The molecule has 0 amide bonds. The van der Waals surface area contributed by atoms with E-state index >= 15 is 0 Å². The number of aromatic nitrogens is 3. The van der Waals surface area contributed by atoms with Crippen LogP contribution in [-0.2, 0) is 24.1 Å². The van der Waals surface area contributed by atoms with E-state index in [1.807, 2.05) is 0 Å². The van der Waals surface area contributed by atoms with Gasteiger partial charge in [0.2, 0.25) is 0 Å². The molecule has 0 fully saturated rings. The normalized spacial score (nSPS) is 11.3. The van der Waals surface area contributed by atoms with Crippen molar-refractivity contribution in [1.29, 1.82) is 0 Å². The first-order valence-electron chi connectivity index (χ1n) is 5.07. The number of hydrogen-bond acceptors (Lipinski definition) is 4. The first kappa shape index (κ1) is 13.0. The van der Waals surface area contributed by atoms with Crippen LogP contribution in [0.5, 0.6) is 0 Å². The molecule has 16 heavy (non-hydrogen) atoms.